The smallest absolute Gasteiger partial charge is 0.256 e. The molecule has 150 valence electrons. The van der Waals surface area contributed by atoms with E-state index in [1.807, 2.05) is 75.4 Å². The topological polar surface area (TPSA) is 42.0 Å². The van der Waals surface area contributed by atoms with Gasteiger partial charge in [0, 0.05) is 21.1 Å². The molecule has 0 unspecified atom stereocenters. The number of nitrogens with one attached hydrogen (secondary N) is 1. The maximum Gasteiger partial charge on any atom is 0.256 e. The lowest BCUT2D eigenvalue weighted by atomic mass is 9.99. The molecule has 4 aromatic rings. The van der Waals surface area contributed by atoms with E-state index in [2.05, 4.69) is 27.3 Å². The van der Waals surface area contributed by atoms with E-state index in [0.717, 1.165) is 43.3 Å². The lowest BCUT2D eigenvalue weighted by Gasteiger charge is -2.14. The molecule has 0 aliphatic carbocycles. The van der Waals surface area contributed by atoms with E-state index >= 15 is 0 Å². The fraction of sp³-hybridized carbons (Fsp3) is 0.120. The summed E-state index contributed by atoms with van der Waals surface area (Å²) >= 11 is 9.77. The van der Waals surface area contributed by atoms with Gasteiger partial charge < -0.3 is 5.32 Å². The minimum absolute atomic E-state index is 0.189. The highest BCUT2D eigenvalue weighted by molar-refractivity contribution is 9.10. The zero-order valence-corrected chi connectivity index (χ0v) is 19.2. The molecule has 30 heavy (non-hydrogen) atoms. The van der Waals surface area contributed by atoms with Gasteiger partial charge in [-0.25, -0.2) is 4.98 Å². The molecule has 0 bridgehead atoms. The third-order valence-corrected chi connectivity index (χ3v) is 6.53. The van der Waals surface area contributed by atoms with Crippen molar-refractivity contribution in [1.29, 1.82) is 0 Å². The number of aromatic nitrogens is 1. The Morgan fingerprint density at radius 3 is 2.47 bits per heavy atom. The Labute approximate surface area is 189 Å². The molecule has 0 radical (unpaired) electrons. The van der Waals surface area contributed by atoms with Crippen LogP contribution in [0.2, 0.25) is 5.02 Å². The van der Waals surface area contributed by atoms with Crippen LogP contribution in [0.3, 0.4) is 0 Å². The monoisotopic (exact) mass is 478 g/mol. The number of hydrogen-bond donors (Lipinski definition) is 1. The van der Waals surface area contributed by atoms with E-state index in [0.29, 0.717) is 16.3 Å². The summed E-state index contributed by atoms with van der Waals surface area (Å²) in [6.45, 7) is 5.94. The van der Waals surface area contributed by atoms with E-state index < -0.39 is 0 Å². The van der Waals surface area contributed by atoms with Crippen molar-refractivity contribution in [2.24, 2.45) is 0 Å². The molecular formula is C25H20BrClN2O. The summed E-state index contributed by atoms with van der Waals surface area (Å²) in [5, 5.41) is 4.46. The summed E-state index contributed by atoms with van der Waals surface area (Å²) in [4.78, 5) is 18.3. The van der Waals surface area contributed by atoms with Gasteiger partial charge in [0.1, 0.15) is 0 Å². The van der Waals surface area contributed by atoms with Crippen LogP contribution < -0.4 is 5.32 Å². The summed E-state index contributed by atoms with van der Waals surface area (Å²) in [5.74, 6) is -0.189. The molecule has 0 atom stereocenters. The van der Waals surface area contributed by atoms with Crippen molar-refractivity contribution in [3.63, 3.8) is 0 Å². The molecule has 0 saturated carbocycles. The number of anilines is 1. The van der Waals surface area contributed by atoms with Crippen LogP contribution in [0.25, 0.3) is 22.2 Å². The van der Waals surface area contributed by atoms with Gasteiger partial charge in [-0.2, -0.15) is 0 Å². The van der Waals surface area contributed by atoms with E-state index in [1.54, 1.807) is 0 Å². The number of nitrogens with zero attached hydrogens (tertiary/aromatic N) is 1. The molecule has 4 rings (SSSR count). The summed E-state index contributed by atoms with van der Waals surface area (Å²) in [6.07, 6.45) is 0. The number of hydrogen-bond acceptors (Lipinski definition) is 2. The zero-order chi connectivity index (χ0) is 21.4. The first-order valence-electron chi connectivity index (χ1n) is 9.58. The Balaban J connectivity index is 1.88. The van der Waals surface area contributed by atoms with Gasteiger partial charge in [-0.3, -0.25) is 4.79 Å². The van der Waals surface area contributed by atoms with Crippen molar-refractivity contribution in [3.8, 4) is 11.3 Å². The summed E-state index contributed by atoms with van der Waals surface area (Å²) in [7, 11) is 0. The SMILES string of the molecule is Cc1cc(C)c2nc(-c3ccccc3)cc(C(=O)Nc3ccc(Br)c(Cl)c3C)c2c1. The molecule has 1 heterocycles. The molecule has 1 amide bonds. The average Bonchev–Trinajstić information content (AvgIpc) is 2.74. The van der Waals surface area contributed by atoms with Crippen LogP contribution in [0.5, 0.6) is 0 Å². The zero-order valence-electron chi connectivity index (χ0n) is 16.9. The van der Waals surface area contributed by atoms with E-state index in [4.69, 9.17) is 16.6 Å². The number of carbonyl (C=O) groups excluding carboxylic acids is 1. The van der Waals surface area contributed by atoms with Crippen molar-refractivity contribution in [1.82, 2.24) is 4.98 Å². The highest BCUT2D eigenvalue weighted by atomic mass is 79.9. The third-order valence-electron chi connectivity index (χ3n) is 5.15. The van der Waals surface area contributed by atoms with Gasteiger partial charge >= 0.3 is 0 Å². The van der Waals surface area contributed by atoms with Crippen molar-refractivity contribution < 1.29 is 4.79 Å². The first-order chi connectivity index (χ1) is 14.3. The van der Waals surface area contributed by atoms with Gasteiger partial charge in [0.15, 0.2) is 0 Å². The molecule has 1 aromatic heterocycles. The maximum absolute atomic E-state index is 13.4. The molecule has 3 nitrogen and oxygen atoms in total. The number of fused-ring (bicyclic) bond motifs is 1. The highest BCUT2D eigenvalue weighted by Crippen LogP contribution is 2.32. The standard InChI is InChI=1S/C25H20BrClN2O/c1-14-11-15(2)24-18(12-14)19(13-22(28-24)17-7-5-4-6-8-17)25(30)29-21-10-9-20(26)23(27)16(21)3/h4-13H,1-3H3,(H,29,30). The Morgan fingerprint density at radius 2 is 1.73 bits per heavy atom. The number of carbonyl (C=O) groups is 1. The highest BCUT2D eigenvalue weighted by Gasteiger charge is 2.17. The number of aryl methyl sites for hydroxylation is 2. The number of benzene rings is 3. The van der Waals surface area contributed by atoms with Gasteiger partial charge in [-0.05, 0) is 72.1 Å². The first-order valence-corrected chi connectivity index (χ1v) is 10.8. The van der Waals surface area contributed by atoms with Gasteiger partial charge in [0.25, 0.3) is 5.91 Å². The summed E-state index contributed by atoms with van der Waals surface area (Å²) in [6, 6.07) is 19.5. The van der Waals surface area contributed by atoms with Crippen LogP contribution >= 0.6 is 27.5 Å². The fourth-order valence-corrected chi connectivity index (χ4v) is 4.20. The number of halogens is 2. The molecule has 3 aromatic carbocycles. The minimum Gasteiger partial charge on any atom is -0.322 e. The second-order valence-corrected chi connectivity index (χ2v) is 8.62. The van der Waals surface area contributed by atoms with Crippen LogP contribution in [0.15, 0.2) is 65.1 Å². The van der Waals surface area contributed by atoms with Crippen LogP contribution in [-0.2, 0) is 0 Å². The Kier molecular flexibility index (Phi) is 5.63. The van der Waals surface area contributed by atoms with Crippen LogP contribution in [0, 0.1) is 20.8 Å². The van der Waals surface area contributed by atoms with E-state index in [9.17, 15) is 4.79 Å². The third kappa shape index (κ3) is 3.85. The number of pyridine rings is 1. The molecule has 0 aliphatic rings. The fourth-order valence-electron chi connectivity index (χ4n) is 3.60. The normalized spacial score (nSPS) is 11.0. The van der Waals surface area contributed by atoms with Gasteiger partial charge in [-0.1, -0.05) is 53.6 Å². The maximum atomic E-state index is 13.4. The number of amides is 1. The lowest BCUT2D eigenvalue weighted by molar-refractivity contribution is 0.102. The van der Waals surface area contributed by atoms with Gasteiger partial charge in [0.05, 0.1) is 21.8 Å². The molecule has 0 fully saturated rings. The number of rotatable bonds is 3. The predicted molar refractivity (Wildman–Crippen MR) is 128 cm³/mol. The van der Waals surface area contributed by atoms with Gasteiger partial charge in [-0.15, -0.1) is 0 Å². The minimum atomic E-state index is -0.189. The van der Waals surface area contributed by atoms with Crippen LogP contribution in [0.1, 0.15) is 27.0 Å². The molecule has 5 heteroatoms. The predicted octanol–water partition coefficient (Wildman–Crippen LogP) is 7.50. The molecule has 0 aliphatic heterocycles. The van der Waals surface area contributed by atoms with Crippen molar-refractivity contribution >= 4 is 50.0 Å². The van der Waals surface area contributed by atoms with Crippen LogP contribution in [0.4, 0.5) is 5.69 Å². The van der Waals surface area contributed by atoms with Crippen molar-refractivity contribution in [2.75, 3.05) is 5.32 Å². The quantitative estimate of drug-likeness (QED) is 0.330. The second-order valence-electron chi connectivity index (χ2n) is 7.39. The molecule has 0 spiro atoms. The Hall–Kier alpha value is -2.69. The van der Waals surface area contributed by atoms with Crippen LogP contribution in [-0.4, -0.2) is 10.9 Å². The van der Waals surface area contributed by atoms with Crippen molar-refractivity contribution in [2.45, 2.75) is 20.8 Å². The summed E-state index contributed by atoms with van der Waals surface area (Å²) in [5.41, 5.74) is 6.78. The van der Waals surface area contributed by atoms with E-state index in [1.165, 1.54) is 0 Å². The Morgan fingerprint density at radius 1 is 1.00 bits per heavy atom. The Bertz CT molecular complexity index is 1290. The second kappa shape index (κ2) is 8.21. The average molecular weight is 480 g/mol. The first kappa shape index (κ1) is 20.6. The molecule has 1 N–H and O–H groups in total. The lowest BCUT2D eigenvalue weighted by Crippen LogP contribution is -2.14. The largest absolute Gasteiger partial charge is 0.322 e. The van der Waals surface area contributed by atoms with Gasteiger partial charge in [0.2, 0.25) is 0 Å². The summed E-state index contributed by atoms with van der Waals surface area (Å²) < 4.78 is 0.798. The van der Waals surface area contributed by atoms with Crippen molar-refractivity contribution in [3.05, 3.63) is 92.4 Å². The van der Waals surface area contributed by atoms with E-state index in [-0.39, 0.29) is 5.91 Å². The molecular weight excluding hydrogens is 460 g/mol. The molecule has 0 saturated heterocycles.